The molecule has 0 atom stereocenters. The Morgan fingerprint density at radius 1 is 1.22 bits per heavy atom. The van der Waals surface area contributed by atoms with Gasteiger partial charge < -0.3 is 4.74 Å². The number of sulfone groups is 1. The van der Waals surface area contributed by atoms with E-state index in [9.17, 15) is 13.2 Å². The number of rotatable bonds is 4. The van der Waals surface area contributed by atoms with Crippen LogP contribution >= 0.6 is 0 Å². The quantitative estimate of drug-likeness (QED) is 0.542. The molecule has 0 radical (unpaired) electrons. The van der Waals surface area contributed by atoms with Crippen LogP contribution in [0.1, 0.15) is 12.8 Å². The maximum Gasteiger partial charge on any atom is 0.309 e. The van der Waals surface area contributed by atoms with E-state index in [1.54, 1.807) is 0 Å². The first-order chi connectivity index (χ1) is 8.57. The normalized spacial score (nSPS) is 24.2. The molecule has 1 heterocycles. The van der Waals surface area contributed by atoms with Crippen LogP contribution in [-0.2, 0) is 19.4 Å². The molecule has 18 heavy (non-hydrogen) atoms. The summed E-state index contributed by atoms with van der Waals surface area (Å²) in [5.41, 5.74) is 0. The lowest BCUT2D eigenvalue weighted by atomic mass is 10.1. The number of carbonyl (C=O) groups excluding carboxylic acids is 1. The number of allylic oxidation sites excluding steroid dienone is 2. The minimum Gasteiger partial charge on any atom is -0.464 e. The van der Waals surface area contributed by atoms with Crippen molar-refractivity contribution in [3.8, 4) is 0 Å². The second-order valence-corrected chi connectivity index (χ2v) is 7.10. The molecule has 0 N–H and O–H groups in total. The molecule has 0 unspecified atom stereocenters. The van der Waals surface area contributed by atoms with E-state index in [-0.39, 0.29) is 23.4 Å². The molecular weight excluding hydrogens is 254 g/mol. The lowest BCUT2D eigenvalue weighted by Gasteiger charge is -2.26. The van der Waals surface area contributed by atoms with Gasteiger partial charge in [-0.05, 0) is 12.8 Å². The summed E-state index contributed by atoms with van der Waals surface area (Å²) >= 11 is 0. The summed E-state index contributed by atoms with van der Waals surface area (Å²) in [5, 5.41) is 0. The molecule has 0 aromatic carbocycles. The summed E-state index contributed by atoms with van der Waals surface area (Å²) in [4.78, 5) is 13.6. The van der Waals surface area contributed by atoms with Crippen molar-refractivity contribution in [1.82, 2.24) is 4.90 Å². The lowest BCUT2D eigenvalue weighted by Crippen LogP contribution is -2.42. The van der Waals surface area contributed by atoms with Gasteiger partial charge in [0.15, 0.2) is 9.84 Å². The predicted octanol–water partition coefficient (Wildman–Crippen LogP) is 0.226. The zero-order valence-electron chi connectivity index (χ0n) is 10.4. The third-order valence-corrected chi connectivity index (χ3v) is 5.04. The van der Waals surface area contributed by atoms with E-state index in [1.807, 2.05) is 17.1 Å². The van der Waals surface area contributed by atoms with Crippen LogP contribution < -0.4 is 0 Å². The van der Waals surface area contributed by atoms with Crippen molar-refractivity contribution in [3.05, 3.63) is 12.2 Å². The summed E-state index contributed by atoms with van der Waals surface area (Å²) in [6.07, 6.45) is 5.56. The topological polar surface area (TPSA) is 63.7 Å². The van der Waals surface area contributed by atoms with Crippen molar-refractivity contribution in [3.63, 3.8) is 0 Å². The van der Waals surface area contributed by atoms with Gasteiger partial charge in [-0.25, -0.2) is 8.42 Å². The second-order valence-electron chi connectivity index (χ2n) is 4.80. The Labute approximate surface area is 108 Å². The summed E-state index contributed by atoms with van der Waals surface area (Å²) in [5.74, 6) is 0.289. The highest BCUT2D eigenvalue weighted by molar-refractivity contribution is 7.91. The minimum absolute atomic E-state index is 0.00765. The molecule has 1 saturated heterocycles. The molecule has 6 heteroatoms. The van der Waals surface area contributed by atoms with Gasteiger partial charge >= 0.3 is 5.97 Å². The van der Waals surface area contributed by atoms with Crippen molar-refractivity contribution in [2.75, 3.05) is 37.7 Å². The Hall–Kier alpha value is -0.880. The fourth-order valence-corrected chi connectivity index (χ4v) is 3.45. The van der Waals surface area contributed by atoms with Gasteiger partial charge in [-0.1, -0.05) is 12.2 Å². The largest absolute Gasteiger partial charge is 0.464 e. The SMILES string of the molecule is O=C(OCCN1CCS(=O)(=O)CC1)C1CC=CC1. The van der Waals surface area contributed by atoms with Gasteiger partial charge in [0.1, 0.15) is 6.61 Å². The van der Waals surface area contributed by atoms with E-state index in [0.717, 1.165) is 12.8 Å². The first kappa shape index (κ1) is 13.5. The van der Waals surface area contributed by atoms with Gasteiger partial charge in [0, 0.05) is 19.6 Å². The Bertz CT molecular complexity index is 407. The van der Waals surface area contributed by atoms with Crippen LogP contribution in [0.4, 0.5) is 0 Å². The van der Waals surface area contributed by atoms with Crippen molar-refractivity contribution in [1.29, 1.82) is 0 Å². The Morgan fingerprint density at radius 3 is 2.44 bits per heavy atom. The molecule has 0 aromatic heterocycles. The monoisotopic (exact) mass is 273 g/mol. The highest BCUT2D eigenvalue weighted by Gasteiger charge is 2.23. The smallest absolute Gasteiger partial charge is 0.309 e. The average molecular weight is 273 g/mol. The summed E-state index contributed by atoms with van der Waals surface area (Å²) in [7, 11) is -2.83. The Kier molecular flexibility index (Phi) is 4.40. The zero-order chi connectivity index (χ0) is 13.0. The molecule has 1 aliphatic heterocycles. The fourth-order valence-electron chi connectivity index (χ4n) is 2.18. The van der Waals surface area contributed by atoms with Gasteiger partial charge in [-0.3, -0.25) is 9.69 Å². The van der Waals surface area contributed by atoms with Crippen molar-refractivity contribution in [2.45, 2.75) is 12.8 Å². The van der Waals surface area contributed by atoms with Crippen molar-refractivity contribution < 1.29 is 17.9 Å². The van der Waals surface area contributed by atoms with E-state index in [2.05, 4.69) is 0 Å². The van der Waals surface area contributed by atoms with Crippen LogP contribution in [0.3, 0.4) is 0 Å². The third-order valence-electron chi connectivity index (χ3n) is 3.43. The van der Waals surface area contributed by atoms with Gasteiger partial charge in [-0.2, -0.15) is 0 Å². The van der Waals surface area contributed by atoms with Crippen LogP contribution in [-0.4, -0.2) is 57.0 Å². The molecule has 102 valence electrons. The van der Waals surface area contributed by atoms with Crippen LogP contribution in [0.5, 0.6) is 0 Å². The van der Waals surface area contributed by atoms with E-state index >= 15 is 0 Å². The van der Waals surface area contributed by atoms with Crippen LogP contribution in [0.15, 0.2) is 12.2 Å². The summed E-state index contributed by atoms with van der Waals surface area (Å²) in [6.45, 7) is 2.08. The summed E-state index contributed by atoms with van der Waals surface area (Å²) < 4.78 is 27.7. The molecule has 0 amide bonds. The molecule has 0 saturated carbocycles. The number of hydrogen-bond donors (Lipinski definition) is 0. The minimum atomic E-state index is -2.83. The van der Waals surface area contributed by atoms with Crippen LogP contribution in [0, 0.1) is 5.92 Å². The Morgan fingerprint density at radius 2 is 1.83 bits per heavy atom. The van der Waals surface area contributed by atoms with E-state index < -0.39 is 9.84 Å². The predicted molar refractivity (Wildman–Crippen MR) is 67.9 cm³/mol. The van der Waals surface area contributed by atoms with Gasteiger partial charge in [0.2, 0.25) is 0 Å². The number of ether oxygens (including phenoxy) is 1. The molecule has 0 aromatic rings. The first-order valence-corrected chi connectivity index (χ1v) is 8.13. The first-order valence-electron chi connectivity index (χ1n) is 6.31. The average Bonchev–Trinajstić information content (AvgIpc) is 2.85. The van der Waals surface area contributed by atoms with Gasteiger partial charge in [0.05, 0.1) is 17.4 Å². The Balaban J connectivity index is 1.62. The lowest BCUT2D eigenvalue weighted by molar-refractivity contribution is -0.148. The third kappa shape index (κ3) is 3.81. The maximum atomic E-state index is 11.6. The molecule has 0 spiro atoms. The van der Waals surface area contributed by atoms with Crippen LogP contribution in [0.2, 0.25) is 0 Å². The van der Waals surface area contributed by atoms with Gasteiger partial charge in [0.25, 0.3) is 0 Å². The van der Waals surface area contributed by atoms with Crippen LogP contribution in [0.25, 0.3) is 0 Å². The van der Waals surface area contributed by atoms with Gasteiger partial charge in [-0.15, -0.1) is 0 Å². The molecule has 0 bridgehead atoms. The van der Waals surface area contributed by atoms with E-state index in [0.29, 0.717) is 26.2 Å². The molecule has 5 nitrogen and oxygen atoms in total. The standard InChI is InChI=1S/C12H19NO4S/c14-12(11-3-1-2-4-11)17-8-5-13-6-9-18(15,16)10-7-13/h1-2,11H,3-10H2. The van der Waals surface area contributed by atoms with Crippen molar-refractivity contribution in [2.24, 2.45) is 5.92 Å². The number of nitrogens with zero attached hydrogens (tertiary/aromatic N) is 1. The fraction of sp³-hybridized carbons (Fsp3) is 0.750. The molecule has 1 aliphatic carbocycles. The molecule has 1 fully saturated rings. The number of esters is 1. The highest BCUT2D eigenvalue weighted by Crippen LogP contribution is 2.18. The molecule has 2 rings (SSSR count). The zero-order valence-corrected chi connectivity index (χ0v) is 11.2. The number of hydrogen-bond acceptors (Lipinski definition) is 5. The highest BCUT2D eigenvalue weighted by atomic mass is 32.2. The van der Waals surface area contributed by atoms with E-state index in [4.69, 9.17) is 4.74 Å². The van der Waals surface area contributed by atoms with Crippen molar-refractivity contribution >= 4 is 15.8 Å². The maximum absolute atomic E-state index is 11.6. The molecular formula is C12H19NO4S. The number of carbonyl (C=O) groups is 1. The molecule has 2 aliphatic rings. The summed E-state index contributed by atoms with van der Waals surface area (Å²) in [6, 6.07) is 0. The van der Waals surface area contributed by atoms with E-state index in [1.165, 1.54) is 0 Å². The second kappa shape index (κ2) is 5.84.